The molecule has 1 aliphatic rings. The minimum absolute atomic E-state index is 0.130. The van der Waals surface area contributed by atoms with Crippen molar-refractivity contribution in [1.29, 1.82) is 0 Å². The molecule has 1 heterocycles. The van der Waals surface area contributed by atoms with Crippen molar-refractivity contribution in [3.8, 4) is 5.75 Å². The Balaban J connectivity index is 1.68. The number of nitrogens with zero attached hydrogens (tertiary/aromatic N) is 1. The second-order valence-electron chi connectivity index (χ2n) is 6.97. The van der Waals surface area contributed by atoms with E-state index in [2.05, 4.69) is 5.32 Å². The largest absolute Gasteiger partial charge is 0.497 e. The highest BCUT2D eigenvalue weighted by Gasteiger charge is 2.49. The van der Waals surface area contributed by atoms with Crippen molar-refractivity contribution in [1.82, 2.24) is 10.2 Å². The molecule has 28 heavy (non-hydrogen) atoms. The number of amides is 3. The number of benzene rings is 3. The number of ether oxygens (including phenoxy) is 1. The standard InChI is InChI=1S/C22H19ClN2O3/c1-22(17-9-7-15-12-18(28-2)10-8-14(15)11-17)20(26)25(21(27)24-22)13-16-5-3-4-6-19(16)23/h3-12H,13H2,1-2H3,(H,24,27)/t22-/m0/s1. The molecule has 3 aromatic rings. The van der Waals surface area contributed by atoms with Crippen LogP contribution in [0.1, 0.15) is 18.1 Å². The number of halogens is 1. The molecule has 0 saturated carbocycles. The molecule has 1 N–H and O–H groups in total. The monoisotopic (exact) mass is 394 g/mol. The van der Waals surface area contributed by atoms with Gasteiger partial charge in [-0.2, -0.15) is 0 Å². The summed E-state index contributed by atoms with van der Waals surface area (Å²) in [4.78, 5) is 26.9. The van der Waals surface area contributed by atoms with E-state index in [1.807, 2.05) is 54.6 Å². The van der Waals surface area contributed by atoms with Crippen LogP contribution in [0.15, 0.2) is 60.7 Å². The zero-order valence-corrected chi connectivity index (χ0v) is 16.3. The number of carbonyl (C=O) groups excluding carboxylic acids is 2. The van der Waals surface area contributed by atoms with Gasteiger partial charge in [0.15, 0.2) is 0 Å². The van der Waals surface area contributed by atoms with E-state index >= 15 is 0 Å². The normalized spacial score (nSPS) is 19.2. The van der Waals surface area contributed by atoms with Crippen LogP contribution in [0, 0.1) is 0 Å². The lowest BCUT2D eigenvalue weighted by atomic mass is 9.90. The van der Waals surface area contributed by atoms with Crippen LogP contribution in [0.5, 0.6) is 5.75 Å². The number of rotatable bonds is 4. The van der Waals surface area contributed by atoms with Gasteiger partial charge in [0.1, 0.15) is 11.3 Å². The lowest BCUT2D eigenvalue weighted by Crippen LogP contribution is -2.40. The van der Waals surface area contributed by atoms with E-state index in [-0.39, 0.29) is 12.5 Å². The second kappa shape index (κ2) is 6.84. The highest BCUT2D eigenvalue weighted by atomic mass is 35.5. The predicted molar refractivity (Wildman–Crippen MR) is 108 cm³/mol. The second-order valence-corrected chi connectivity index (χ2v) is 7.37. The summed E-state index contributed by atoms with van der Waals surface area (Å²) in [5.41, 5.74) is 0.319. The first-order valence-electron chi connectivity index (χ1n) is 8.88. The quantitative estimate of drug-likeness (QED) is 0.664. The molecule has 0 aromatic heterocycles. The fourth-order valence-electron chi connectivity index (χ4n) is 3.49. The zero-order chi connectivity index (χ0) is 19.9. The van der Waals surface area contributed by atoms with Crippen molar-refractivity contribution in [2.75, 3.05) is 7.11 Å². The summed E-state index contributed by atoms with van der Waals surface area (Å²) in [5, 5.41) is 5.33. The SMILES string of the molecule is COc1ccc2cc([C@]3(C)NC(=O)N(Cc4ccccc4Cl)C3=O)ccc2c1. The van der Waals surface area contributed by atoms with E-state index in [4.69, 9.17) is 16.3 Å². The summed E-state index contributed by atoms with van der Waals surface area (Å²) in [7, 11) is 1.62. The molecule has 6 heteroatoms. The molecule has 4 rings (SSSR count). The Morgan fingerprint density at radius 3 is 2.50 bits per heavy atom. The fourth-order valence-corrected chi connectivity index (χ4v) is 3.69. The topological polar surface area (TPSA) is 58.6 Å². The lowest BCUT2D eigenvalue weighted by Gasteiger charge is -2.23. The van der Waals surface area contributed by atoms with Crippen LogP contribution in [0.4, 0.5) is 4.79 Å². The van der Waals surface area contributed by atoms with Gasteiger partial charge in [-0.25, -0.2) is 4.79 Å². The van der Waals surface area contributed by atoms with Gasteiger partial charge in [-0.1, -0.05) is 48.0 Å². The van der Waals surface area contributed by atoms with Gasteiger partial charge >= 0.3 is 6.03 Å². The molecule has 0 unspecified atom stereocenters. The Hall–Kier alpha value is -3.05. The Morgan fingerprint density at radius 2 is 1.75 bits per heavy atom. The average Bonchev–Trinajstić information content (AvgIpc) is 2.92. The fraction of sp³-hybridized carbons (Fsp3) is 0.182. The molecule has 0 spiro atoms. The highest BCUT2D eigenvalue weighted by molar-refractivity contribution is 6.31. The number of imide groups is 1. The molecular formula is C22H19ClN2O3. The highest BCUT2D eigenvalue weighted by Crippen LogP contribution is 2.33. The number of hydrogen-bond donors (Lipinski definition) is 1. The third-order valence-corrected chi connectivity index (χ3v) is 5.55. The third-order valence-electron chi connectivity index (χ3n) is 5.19. The number of methoxy groups -OCH3 is 1. The molecular weight excluding hydrogens is 376 g/mol. The molecule has 0 aliphatic carbocycles. The average molecular weight is 395 g/mol. The van der Waals surface area contributed by atoms with Crippen LogP contribution in [0.25, 0.3) is 10.8 Å². The maximum atomic E-state index is 13.2. The first-order chi connectivity index (χ1) is 13.4. The predicted octanol–water partition coefficient (Wildman–Crippen LogP) is 4.47. The molecule has 3 amide bonds. The van der Waals surface area contributed by atoms with Gasteiger partial charge in [-0.3, -0.25) is 9.69 Å². The number of nitrogens with one attached hydrogen (secondary N) is 1. The lowest BCUT2D eigenvalue weighted by molar-refractivity contribution is -0.131. The number of carbonyl (C=O) groups is 2. The summed E-state index contributed by atoms with van der Waals surface area (Å²) in [6.45, 7) is 1.86. The first-order valence-corrected chi connectivity index (χ1v) is 9.26. The van der Waals surface area contributed by atoms with Crippen LogP contribution in [0.3, 0.4) is 0 Å². The molecule has 1 aliphatic heterocycles. The molecule has 0 bridgehead atoms. The van der Waals surface area contributed by atoms with Crippen molar-refractivity contribution >= 4 is 34.3 Å². The van der Waals surface area contributed by atoms with Gasteiger partial charge in [0.25, 0.3) is 5.91 Å². The van der Waals surface area contributed by atoms with Crippen molar-refractivity contribution in [3.63, 3.8) is 0 Å². The molecule has 0 radical (unpaired) electrons. The van der Waals surface area contributed by atoms with Crippen LogP contribution in [0.2, 0.25) is 5.02 Å². The first kappa shape index (κ1) is 18.3. The Labute approximate surface area is 167 Å². The van der Waals surface area contributed by atoms with Gasteiger partial charge in [0.2, 0.25) is 0 Å². The van der Waals surface area contributed by atoms with Gasteiger partial charge in [-0.05, 0) is 53.1 Å². The minimum Gasteiger partial charge on any atom is -0.497 e. The molecule has 5 nitrogen and oxygen atoms in total. The van der Waals surface area contributed by atoms with Crippen molar-refractivity contribution in [2.45, 2.75) is 19.0 Å². The third kappa shape index (κ3) is 2.98. The van der Waals surface area contributed by atoms with E-state index in [0.29, 0.717) is 5.02 Å². The Bertz CT molecular complexity index is 1100. The van der Waals surface area contributed by atoms with E-state index in [9.17, 15) is 9.59 Å². The zero-order valence-electron chi connectivity index (χ0n) is 15.5. The van der Waals surface area contributed by atoms with Crippen LogP contribution < -0.4 is 10.1 Å². The number of urea groups is 1. The summed E-state index contributed by atoms with van der Waals surface area (Å²) < 4.78 is 5.25. The number of hydrogen-bond acceptors (Lipinski definition) is 3. The van der Waals surface area contributed by atoms with E-state index in [1.165, 1.54) is 4.90 Å². The van der Waals surface area contributed by atoms with Gasteiger partial charge in [0, 0.05) is 5.02 Å². The summed E-state index contributed by atoms with van der Waals surface area (Å²) in [5.74, 6) is 0.466. The van der Waals surface area contributed by atoms with Gasteiger partial charge < -0.3 is 10.1 Å². The summed E-state index contributed by atoms with van der Waals surface area (Å²) in [6, 6.07) is 18.2. The van der Waals surface area contributed by atoms with E-state index in [1.54, 1.807) is 20.1 Å². The molecule has 1 fully saturated rings. The Morgan fingerprint density at radius 1 is 1.04 bits per heavy atom. The van der Waals surface area contributed by atoms with Crippen molar-refractivity contribution in [3.05, 3.63) is 76.8 Å². The smallest absolute Gasteiger partial charge is 0.325 e. The van der Waals surface area contributed by atoms with Gasteiger partial charge in [-0.15, -0.1) is 0 Å². The maximum absolute atomic E-state index is 13.2. The van der Waals surface area contributed by atoms with E-state index in [0.717, 1.165) is 27.6 Å². The number of fused-ring (bicyclic) bond motifs is 1. The van der Waals surface area contributed by atoms with E-state index < -0.39 is 11.6 Å². The molecule has 3 aromatic carbocycles. The van der Waals surface area contributed by atoms with Crippen LogP contribution >= 0.6 is 11.6 Å². The minimum atomic E-state index is -1.13. The molecule has 1 atom stereocenters. The Kier molecular flexibility index (Phi) is 4.47. The van der Waals surface area contributed by atoms with Crippen LogP contribution in [-0.4, -0.2) is 23.9 Å². The van der Waals surface area contributed by atoms with Crippen LogP contribution in [-0.2, 0) is 16.9 Å². The maximum Gasteiger partial charge on any atom is 0.325 e. The summed E-state index contributed by atoms with van der Waals surface area (Å²) >= 11 is 6.20. The van der Waals surface area contributed by atoms with Crippen molar-refractivity contribution in [2.24, 2.45) is 0 Å². The summed E-state index contributed by atoms with van der Waals surface area (Å²) in [6.07, 6.45) is 0. The van der Waals surface area contributed by atoms with Gasteiger partial charge in [0.05, 0.1) is 13.7 Å². The molecule has 142 valence electrons. The molecule has 1 saturated heterocycles. The van der Waals surface area contributed by atoms with Crippen molar-refractivity contribution < 1.29 is 14.3 Å².